The molecule has 0 saturated carbocycles. The first kappa shape index (κ1) is 13.6. The third kappa shape index (κ3) is 2.36. The molecule has 0 radical (unpaired) electrons. The molecule has 2 N–H and O–H groups in total. The molecule has 1 fully saturated rings. The monoisotopic (exact) mass is 285 g/mol. The van der Waals surface area contributed by atoms with E-state index in [2.05, 4.69) is 0 Å². The number of carboxylic acid groups (broad SMARTS) is 1. The number of aliphatic carboxylic acids is 1. The fourth-order valence-electron chi connectivity index (χ4n) is 2.84. The first-order chi connectivity index (χ1) is 10.1. The maximum Gasteiger partial charge on any atom is 0.326 e. The SMILES string of the molecule is O=C(O)[C@@H]1CC(O)CN1C(=O)c1cccc2ccccc12. The van der Waals surface area contributed by atoms with Crippen LogP contribution >= 0.6 is 0 Å². The Labute approximate surface area is 121 Å². The van der Waals surface area contributed by atoms with Gasteiger partial charge >= 0.3 is 5.97 Å². The summed E-state index contributed by atoms with van der Waals surface area (Å²) in [7, 11) is 0. The molecule has 5 nitrogen and oxygen atoms in total. The highest BCUT2D eigenvalue weighted by Crippen LogP contribution is 2.25. The van der Waals surface area contributed by atoms with E-state index in [-0.39, 0.29) is 18.9 Å². The lowest BCUT2D eigenvalue weighted by molar-refractivity contribution is -0.141. The Morgan fingerprint density at radius 1 is 1.10 bits per heavy atom. The lowest BCUT2D eigenvalue weighted by atomic mass is 10.0. The van der Waals surface area contributed by atoms with Crippen molar-refractivity contribution in [3.63, 3.8) is 0 Å². The van der Waals surface area contributed by atoms with Crippen LogP contribution in [0.25, 0.3) is 10.8 Å². The highest BCUT2D eigenvalue weighted by molar-refractivity contribution is 6.08. The molecule has 1 amide bonds. The van der Waals surface area contributed by atoms with Crippen molar-refractivity contribution in [2.45, 2.75) is 18.6 Å². The van der Waals surface area contributed by atoms with Gasteiger partial charge in [-0.3, -0.25) is 4.79 Å². The largest absolute Gasteiger partial charge is 0.480 e. The van der Waals surface area contributed by atoms with Crippen molar-refractivity contribution in [3.05, 3.63) is 48.0 Å². The number of carbonyl (C=O) groups is 2. The molecule has 2 aromatic carbocycles. The van der Waals surface area contributed by atoms with Gasteiger partial charge in [0.15, 0.2) is 0 Å². The lowest BCUT2D eigenvalue weighted by Crippen LogP contribution is -2.40. The van der Waals surface area contributed by atoms with Gasteiger partial charge in [0, 0.05) is 18.5 Å². The summed E-state index contributed by atoms with van der Waals surface area (Å²) in [6.07, 6.45) is -0.712. The Bertz CT molecular complexity index is 707. The van der Waals surface area contributed by atoms with E-state index in [4.69, 9.17) is 0 Å². The molecule has 1 heterocycles. The Kier molecular flexibility index (Phi) is 3.35. The number of fused-ring (bicyclic) bond motifs is 1. The van der Waals surface area contributed by atoms with Gasteiger partial charge in [-0.05, 0) is 16.8 Å². The van der Waals surface area contributed by atoms with Crippen molar-refractivity contribution in [1.29, 1.82) is 0 Å². The van der Waals surface area contributed by atoms with Crippen molar-refractivity contribution in [2.24, 2.45) is 0 Å². The third-order valence-corrected chi connectivity index (χ3v) is 3.84. The summed E-state index contributed by atoms with van der Waals surface area (Å²) in [5, 5.41) is 20.6. The van der Waals surface area contributed by atoms with Crippen LogP contribution in [-0.2, 0) is 4.79 Å². The Balaban J connectivity index is 2.02. The molecule has 3 rings (SSSR count). The molecule has 2 aromatic rings. The van der Waals surface area contributed by atoms with E-state index < -0.39 is 18.1 Å². The average Bonchev–Trinajstić information content (AvgIpc) is 2.88. The van der Waals surface area contributed by atoms with Gasteiger partial charge in [-0.15, -0.1) is 0 Å². The summed E-state index contributed by atoms with van der Waals surface area (Å²) in [5.41, 5.74) is 0.466. The maximum atomic E-state index is 12.7. The van der Waals surface area contributed by atoms with Crippen LogP contribution in [0.5, 0.6) is 0 Å². The van der Waals surface area contributed by atoms with E-state index >= 15 is 0 Å². The number of carbonyl (C=O) groups excluding carboxylic acids is 1. The molecule has 1 aliphatic rings. The minimum Gasteiger partial charge on any atom is -0.480 e. The number of β-amino-alcohol motifs (C(OH)–C–C–N with tert-alkyl or cyclic N) is 1. The first-order valence-electron chi connectivity index (χ1n) is 6.77. The molecule has 0 spiro atoms. The van der Waals surface area contributed by atoms with Crippen LogP contribution in [0.1, 0.15) is 16.8 Å². The number of benzene rings is 2. The zero-order valence-electron chi connectivity index (χ0n) is 11.3. The van der Waals surface area contributed by atoms with Gasteiger partial charge in [-0.25, -0.2) is 4.79 Å². The summed E-state index contributed by atoms with van der Waals surface area (Å²) in [5.74, 6) is -1.43. The van der Waals surface area contributed by atoms with Crippen LogP contribution in [0, 0.1) is 0 Å². The molecule has 0 aliphatic carbocycles. The number of aliphatic hydroxyl groups is 1. The van der Waals surface area contributed by atoms with Gasteiger partial charge in [0.05, 0.1) is 6.10 Å². The van der Waals surface area contributed by atoms with Crippen LogP contribution in [0.2, 0.25) is 0 Å². The number of aliphatic hydroxyl groups excluding tert-OH is 1. The van der Waals surface area contributed by atoms with Crippen LogP contribution in [0.4, 0.5) is 0 Å². The normalized spacial score (nSPS) is 21.7. The van der Waals surface area contributed by atoms with Crippen LogP contribution in [0.15, 0.2) is 42.5 Å². The minimum absolute atomic E-state index is 0.0546. The molecular weight excluding hydrogens is 270 g/mol. The van der Waals surface area contributed by atoms with Gasteiger partial charge in [0.2, 0.25) is 0 Å². The summed E-state index contributed by atoms with van der Waals surface area (Å²) in [6.45, 7) is 0.0546. The predicted octanol–water partition coefficient (Wildman–Crippen LogP) is 1.50. The summed E-state index contributed by atoms with van der Waals surface area (Å²) < 4.78 is 0. The zero-order chi connectivity index (χ0) is 15.0. The van der Waals surface area contributed by atoms with Gasteiger partial charge in [-0.1, -0.05) is 36.4 Å². The number of hydrogen-bond donors (Lipinski definition) is 2. The summed E-state index contributed by atoms with van der Waals surface area (Å²) >= 11 is 0. The molecular formula is C16H15NO4. The van der Waals surface area contributed by atoms with E-state index in [9.17, 15) is 19.8 Å². The van der Waals surface area contributed by atoms with Gasteiger partial charge < -0.3 is 15.1 Å². The second kappa shape index (κ2) is 5.18. The molecule has 0 aromatic heterocycles. The van der Waals surface area contributed by atoms with Crippen LogP contribution in [-0.4, -0.2) is 45.7 Å². The number of hydrogen-bond acceptors (Lipinski definition) is 3. The quantitative estimate of drug-likeness (QED) is 0.876. The van der Waals surface area contributed by atoms with E-state index in [1.165, 1.54) is 4.90 Å². The average molecular weight is 285 g/mol. The van der Waals surface area contributed by atoms with Crippen molar-refractivity contribution < 1.29 is 19.8 Å². The highest BCUT2D eigenvalue weighted by Gasteiger charge is 2.39. The zero-order valence-corrected chi connectivity index (χ0v) is 11.3. The van der Waals surface area contributed by atoms with Crippen molar-refractivity contribution in [2.75, 3.05) is 6.54 Å². The van der Waals surface area contributed by atoms with Crippen molar-refractivity contribution in [1.82, 2.24) is 4.90 Å². The fraction of sp³-hybridized carbons (Fsp3) is 0.250. The highest BCUT2D eigenvalue weighted by atomic mass is 16.4. The summed E-state index contributed by atoms with van der Waals surface area (Å²) in [4.78, 5) is 25.2. The number of rotatable bonds is 2. The Morgan fingerprint density at radius 2 is 1.81 bits per heavy atom. The van der Waals surface area contributed by atoms with E-state index in [0.29, 0.717) is 5.56 Å². The van der Waals surface area contributed by atoms with Crippen LogP contribution < -0.4 is 0 Å². The number of amides is 1. The molecule has 108 valence electrons. The summed E-state index contributed by atoms with van der Waals surface area (Å²) in [6, 6.07) is 11.9. The van der Waals surface area contributed by atoms with Crippen molar-refractivity contribution in [3.8, 4) is 0 Å². The molecule has 1 unspecified atom stereocenters. The van der Waals surface area contributed by atoms with Gasteiger partial charge in [0.1, 0.15) is 6.04 Å². The number of carboxylic acids is 1. The number of nitrogens with zero attached hydrogens (tertiary/aromatic N) is 1. The molecule has 5 heteroatoms. The molecule has 1 saturated heterocycles. The lowest BCUT2D eigenvalue weighted by Gasteiger charge is -2.22. The smallest absolute Gasteiger partial charge is 0.326 e. The topological polar surface area (TPSA) is 77.8 Å². The number of likely N-dealkylation sites (tertiary alicyclic amines) is 1. The van der Waals surface area contributed by atoms with E-state index in [1.54, 1.807) is 12.1 Å². The van der Waals surface area contributed by atoms with E-state index in [1.807, 2.05) is 30.3 Å². The van der Waals surface area contributed by atoms with Gasteiger partial charge in [-0.2, -0.15) is 0 Å². The molecule has 2 atom stereocenters. The second-order valence-electron chi connectivity index (χ2n) is 5.23. The maximum absolute atomic E-state index is 12.7. The molecule has 1 aliphatic heterocycles. The molecule has 21 heavy (non-hydrogen) atoms. The first-order valence-corrected chi connectivity index (χ1v) is 6.77. The molecule has 0 bridgehead atoms. The second-order valence-corrected chi connectivity index (χ2v) is 5.23. The Hall–Kier alpha value is -2.40. The Morgan fingerprint density at radius 3 is 2.57 bits per heavy atom. The van der Waals surface area contributed by atoms with Gasteiger partial charge in [0.25, 0.3) is 5.91 Å². The third-order valence-electron chi connectivity index (χ3n) is 3.84. The predicted molar refractivity (Wildman–Crippen MR) is 77.0 cm³/mol. The van der Waals surface area contributed by atoms with Crippen molar-refractivity contribution >= 4 is 22.6 Å². The minimum atomic E-state index is -1.08. The standard InChI is InChI=1S/C16H15NO4/c18-11-8-14(16(20)21)17(9-11)15(19)13-7-3-5-10-4-1-2-6-12(10)13/h1-7,11,14,18H,8-9H2,(H,20,21)/t11?,14-/m0/s1. The van der Waals surface area contributed by atoms with E-state index in [0.717, 1.165) is 10.8 Å². The fourth-order valence-corrected chi connectivity index (χ4v) is 2.84. The van der Waals surface area contributed by atoms with Crippen LogP contribution in [0.3, 0.4) is 0 Å².